The first-order chi connectivity index (χ1) is 5.50. The molecule has 0 unspecified atom stereocenters. The number of hydrogen-bond donors (Lipinski definition) is 0. The number of nitrogens with zero attached hydrogens (tertiary/aromatic N) is 2. The summed E-state index contributed by atoms with van der Waals surface area (Å²) in [5, 5.41) is 8.39. The van der Waals surface area contributed by atoms with Crippen LogP contribution in [0.15, 0.2) is 0 Å². The molecule has 1 amide bonds. The Morgan fingerprint density at radius 2 is 2.08 bits per heavy atom. The number of carbonyl (C=O) groups is 1. The maximum atomic E-state index is 11.2. The lowest BCUT2D eigenvalue weighted by Crippen LogP contribution is -2.40. The van der Waals surface area contributed by atoms with Crippen LogP contribution in [0.25, 0.3) is 0 Å². The molecule has 0 aromatic heterocycles. The van der Waals surface area contributed by atoms with Crippen LogP contribution in [0.4, 0.5) is 0 Å². The van der Waals surface area contributed by atoms with E-state index in [1.807, 2.05) is 6.07 Å². The topological polar surface area (TPSA) is 44.1 Å². The third-order valence-corrected chi connectivity index (χ3v) is 1.71. The molecule has 0 aliphatic heterocycles. The first-order valence-electron chi connectivity index (χ1n) is 3.46. The molecule has 0 bridgehead atoms. The number of rotatable bonds is 3. The molecule has 12 heavy (non-hydrogen) atoms. The average Bonchev–Trinajstić information content (AvgIpc) is 1.98. The Kier molecular flexibility index (Phi) is 5.03. The van der Waals surface area contributed by atoms with E-state index >= 15 is 0 Å². The van der Waals surface area contributed by atoms with Crippen molar-refractivity contribution in [2.24, 2.45) is 0 Å². The summed E-state index contributed by atoms with van der Waals surface area (Å²) in [6, 6.07) is 1.81. The molecular weight excluding hydrogens is 199 g/mol. The van der Waals surface area contributed by atoms with E-state index in [0.717, 1.165) is 0 Å². The van der Waals surface area contributed by atoms with Gasteiger partial charge in [-0.3, -0.25) is 4.79 Å². The van der Waals surface area contributed by atoms with Gasteiger partial charge in [0.2, 0.25) is 0 Å². The molecule has 0 saturated heterocycles. The lowest BCUT2D eigenvalue weighted by atomic mass is 10.3. The fourth-order valence-electron chi connectivity index (χ4n) is 0.717. The summed E-state index contributed by atoms with van der Waals surface area (Å²) >= 11 is 10.7. The minimum Gasteiger partial charge on any atom is -0.325 e. The number of amides is 1. The smallest absolute Gasteiger partial charge is 0.256 e. The van der Waals surface area contributed by atoms with Crippen LogP contribution in [-0.4, -0.2) is 28.2 Å². The molecule has 0 aromatic rings. The van der Waals surface area contributed by atoms with Crippen LogP contribution in [0.5, 0.6) is 0 Å². The van der Waals surface area contributed by atoms with Crippen molar-refractivity contribution in [1.29, 1.82) is 5.26 Å². The van der Waals surface area contributed by atoms with Gasteiger partial charge < -0.3 is 4.90 Å². The lowest BCUT2D eigenvalue weighted by molar-refractivity contribution is -0.130. The van der Waals surface area contributed by atoms with Gasteiger partial charge in [0.05, 0.1) is 6.07 Å². The Morgan fingerprint density at radius 3 is 2.33 bits per heavy atom. The third kappa shape index (κ3) is 3.29. The maximum absolute atomic E-state index is 11.2. The monoisotopic (exact) mass is 208 g/mol. The van der Waals surface area contributed by atoms with E-state index in [2.05, 4.69) is 0 Å². The molecule has 0 rings (SSSR count). The molecule has 0 radical (unpaired) electrons. The fraction of sp³-hybridized carbons (Fsp3) is 0.714. The average molecular weight is 209 g/mol. The van der Waals surface area contributed by atoms with Crippen molar-refractivity contribution in [2.45, 2.75) is 24.7 Å². The minimum atomic E-state index is -1.08. The second-order valence-electron chi connectivity index (χ2n) is 2.52. The third-order valence-electron chi connectivity index (χ3n) is 1.33. The molecule has 0 aliphatic rings. The normalized spacial score (nSPS) is 10.1. The van der Waals surface area contributed by atoms with Crippen molar-refractivity contribution in [3.8, 4) is 6.07 Å². The van der Waals surface area contributed by atoms with Crippen molar-refractivity contribution in [3.05, 3.63) is 0 Å². The van der Waals surface area contributed by atoms with E-state index in [4.69, 9.17) is 28.5 Å². The zero-order chi connectivity index (χ0) is 9.72. The SMILES string of the molecule is CC(C)N(CC#N)C(=O)C(Cl)Cl. The number of carbonyl (C=O) groups excluding carboxylic acids is 1. The molecule has 0 saturated carbocycles. The highest BCUT2D eigenvalue weighted by Gasteiger charge is 2.21. The Bertz CT molecular complexity index is 198. The lowest BCUT2D eigenvalue weighted by Gasteiger charge is -2.23. The van der Waals surface area contributed by atoms with Gasteiger partial charge in [-0.1, -0.05) is 23.2 Å². The maximum Gasteiger partial charge on any atom is 0.256 e. The quantitative estimate of drug-likeness (QED) is 0.522. The van der Waals surface area contributed by atoms with Gasteiger partial charge in [-0.2, -0.15) is 5.26 Å². The van der Waals surface area contributed by atoms with Gasteiger partial charge in [-0.05, 0) is 13.8 Å². The van der Waals surface area contributed by atoms with E-state index in [1.165, 1.54) is 4.90 Å². The summed E-state index contributed by atoms with van der Waals surface area (Å²) in [6.45, 7) is 3.61. The molecule has 0 aromatic carbocycles. The number of nitriles is 1. The largest absolute Gasteiger partial charge is 0.325 e. The fourth-order valence-corrected chi connectivity index (χ4v) is 0.967. The minimum absolute atomic E-state index is 0.0203. The van der Waals surface area contributed by atoms with Crippen molar-refractivity contribution >= 4 is 29.1 Å². The van der Waals surface area contributed by atoms with Gasteiger partial charge >= 0.3 is 0 Å². The number of alkyl halides is 2. The second kappa shape index (κ2) is 5.23. The molecular formula is C7H10Cl2N2O. The van der Waals surface area contributed by atoms with Gasteiger partial charge in [-0.15, -0.1) is 0 Å². The summed E-state index contributed by atoms with van der Waals surface area (Å²) in [6.07, 6.45) is 0. The van der Waals surface area contributed by atoms with Crippen LogP contribution in [-0.2, 0) is 4.79 Å². The van der Waals surface area contributed by atoms with Gasteiger partial charge in [0.25, 0.3) is 5.91 Å². The molecule has 3 nitrogen and oxygen atoms in total. The van der Waals surface area contributed by atoms with Gasteiger partial charge in [0, 0.05) is 6.04 Å². The summed E-state index contributed by atoms with van der Waals surface area (Å²) in [5.41, 5.74) is 0. The highest BCUT2D eigenvalue weighted by Crippen LogP contribution is 2.09. The Hall–Kier alpha value is -0.460. The van der Waals surface area contributed by atoms with Gasteiger partial charge in [0.15, 0.2) is 4.84 Å². The first-order valence-corrected chi connectivity index (χ1v) is 4.33. The highest BCUT2D eigenvalue weighted by atomic mass is 35.5. The second-order valence-corrected chi connectivity index (χ2v) is 3.61. The standard InChI is InChI=1S/C7H10Cl2N2O/c1-5(2)11(4-3-10)7(12)6(8)9/h5-6H,4H2,1-2H3. The predicted molar refractivity (Wildman–Crippen MR) is 48.0 cm³/mol. The Morgan fingerprint density at radius 1 is 1.58 bits per heavy atom. The van der Waals surface area contributed by atoms with Crippen molar-refractivity contribution in [1.82, 2.24) is 4.90 Å². The van der Waals surface area contributed by atoms with E-state index in [-0.39, 0.29) is 12.6 Å². The molecule has 0 aliphatic carbocycles. The van der Waals surface area contributed by atoms with Crippen LogP contribution >= 0.6 is 23.2 Å². The zero-order valence-electron chi connectivity index (χ0n) is 6.92. The van der Waals surface area contributed by atoms with Crippen molar-refractivity contribution in [2.75, 3.05) is 6.54 Å². The van der Waals surface area contributed by atoms with E-state index in [9.17, 15) is 4.79 Å². The molecule has 68 valence electrons. The van der Waals surface area contributed by atoms with Crippen LogP contribution < -0.4 is 0 Å². The van der Waals surface area contributed by atoms with Crippen LogP contribution in [0.1, 0.15) is 13.8 Å². The van der Waals surface area contributed by atoms with Gasteiger partial charge in [-0.25, -0.2) is 0 Å². The molecule has 0 N–H and O–H groups in total. The van der Waals surface area contributed by atoms with Gasteiger partial charge in [0.1, 0.15) is 6.54 Å². The van der Waals surface area contributed by atoms with Crippen LogP contribution in [0, 0.1) is 11.3 Å². The van der Waals surface area contributed by atoms with E-state index in [0.29, 0.717) is 0 Å². The van der Waals surface area contributed by atoms with Crippen molar-refractivity contribution < 1.29 is 4.79 Å². The summed E-state index contributed by atoms with van der Waals surface area (Å²) in [4.78, 5) is 11.4. The summed E-state index contributed by atoms with van der Waals surface area (Å²) < 4.78 is 0. The Balaban J connectivity index is 4.32. The molecule has 0 fully saturated rings. The van der Waals surface area contributed by atoms with E-state index in [1.54, 1.807) is 13.8 Å². The Labute approximate surface area is 81.8 Å². The van der Waals surface area contributed by atoms with Crippen molar-refractivity contribution in [3.63, 3.8) is 0 Å². The molecule has 5 heteroatoms. The molecule has 0 atom stereocenters. The van der Waals surface area contributed by atoms with E-state index < -0.39 is 10.7 Å². The zero-order valence-corrected chi connectivity index (χ0v) is 8.43. The molecule has 0 heterocycles. The summed E-state index contributed by atoms with van der Waals surface area (Å²) in [7, 11) is 0. The van der Waals surface area contributed by atoms with Crippen LogP contribution in [0.2, 0.25) is 0 Å². The highest BCUT2D eigenvalue weighted by molar-refractivity contribution is 6.53. The number of halogens is 2. The first kappa shape index (κ1) is 11.5. The number of hydrogen-bond acceptors (Lipinski definition) is 2. The van der Waals surface area contributed by atoms with Crippen LogP contribution in [0.3, 0.4) is 0 Å². The summed E-state index contributed by atoms with van der Waals surface area (Å²) in [5.74, 6) is -0.421. The predicted octanol–water partition coefficient (Wildman–Crippen LogP) is 1.55. The molecule has 0 spiro atoms.